The van der Waals surface area contributed by atoms with E-state index in [4.69, 9.17) is 4.74 Å². The van der Waals surface area contributed by atoms with Crippen molar-refractivity contribution in [2.75, 3.05) is 46.4 Å². The highest BCUT2D eigenvalue weighted by Crippen LogP contribution is 2.17. The zero-order valence-electron chi connectivity index (χ0n) is 12.6. The Kier molecular flexibility index (Phi) is 6.07. The van der Waals surface area contributed by atoms with Crippen molar-refractivity contribution in [3.63, 3.8) is 0 Å². The van der Waals surface area contributed by atoms with Crippen LogP contribution in [0.25, 0.3) is 0 Å². The number of β-amino-alcohol motifs (C(OH)–C–C–N with tert-alkyl or cyclic N) is 1. The van der Waals surface area contributed by atoms with Crippen LogP contribution in [0.2, 0.25) is 0 Å². The van der Waals surface area contributed by atoms with Gasteiger partial charge < -0.3 is 19.6 Å². The molecule has 19 heavy (non-hydrogen) atoms. The van der Waals surface area contributed by atoms with Gasteiger partial charge in [-0.3, -0.25) is 0 Å². The van der Waals surface area contributed by atoms with Gasteiger partial charge in [0, 0.05) is 32.3 Å². The van der Waals surface area contributed by atoms with Gasteiger partial charge >= 0.3 is 0 Å². The summed E-state index contributed by atoms with van der Waals surface area (Å²) < 4.78 is 5.39. The summed E-state index contributed by atoms with van der Waals surface area (Å²) in [6, 6.07) is 0.588. The third-order valence-electron chi connectivity index (χ3n) is 4.66. The fourth-order valence-electron chi connectivity index (χ4n) is 3.21. The third kappa shape index (κ3) is 5.03. The molecule has 112 valence electrons. The minimum atomic E-state index is -0.221. The molecule has 0 aromatic rings. The summed E-state index contributed by atoms with van der Waals surface area (Å²) >= 11 is 0. The normalized spacial score (nSPS) is 25.9. The number of aliphatic hydroxyl groups excluding tert-OH is 1. The summed E-state index contributed by atoms with van der Waals surface area (Å²) in [6.45, 7) is 7.99. The monoisotopic (exact) mass is 270 g/mol. The molecule has 0 spiro atoms. The smallest absolute Gasteiger partial charge is 0.0793 e. The summed E-state index contributed by atoms with van der Waals surface area (Å²) in [4.78, 5) is 4.74. The quantitative estimate of drug-likeness (QED) is 0.814. The first-order chi connectivity index (χ1) is 9.15. The van der Waals surface area contributed by atoms with Crippen molar-refractivity contribution in [3.05, 3.63) is 0 Å². The van der Waals surface area contributed by atoms with Crippen LogP contribution in [0.4, 0.5) is 0 Å². The Labute approximate surface area is 117 Å². The van der Waals surface area contributed by atoms with Crippen molar-refractivity contribution >= 4 is 0 Å². The minimum absolute atomic E-state index is 0.221. The fourth-order valence-corrected chi connectivity index (χ4v) is 3.21. The topological polar surface area (TPSA) is 35.9 Å². The second-order valence-corrected chi connectivity index (χ2v) is 6.42. The number of likely N-dealkylation sites (tertiary alicyclic amines) is 1. The number of ether oxygens (including phenoxy) is 1. The Morgan fingerprint density at radius 1 is 1.21 bits per heavy atom. The molecule has 4 nitrogen and oxygen atoms in total. The predicted octanol–water partition coefficient (Wildman–Crippen LogP) is 1.19. The van der Waals surface area contributed by atoms with Crippen LogP contribution in [0, 0.1) is 5.92 Å². The molecule has 1 N–H and O–H groups in total. The van der Waals surface area contributed by atoms with Gasteiger partial charge in [-0.1, -0.05) is 6.92 Å². The van der Waals surface area contributed by atoms with Crippen molar-refractivity contribution in [2.45, 2.75) is 44.8 Å². The molecule has 0 amide bonds. The molecule has 2 aliphatic rings. The lowest BCUT2D eigenvalue weighted by Crippen LogP contribution is -2.45. The highest BCUT2D eigenvalue weighted by molar-refractivity contribution is 4.77. The molecule has 0 bridgehead atoms. The van der Waals surface area contributed by atoms with Crippen LogP contribution in [0.5, 0.6) is 0 Å². The lowest BCUT2D eigenvalue weighted by atomic mass is 9.99. The first kappa shape index (κ1) is 15.2. The maximum Gasteiger partial charge on any atom is 0.0793 e. The van der Waals surface area contributed by atoms with E-state index in [9.17, 15) is 5.11 Å². The molecular formula is C15H30N2O2. The second kappa shape index (κ2) is 7.58. The van der Waals surface area contributed by atoms with Gasteiger partial charge in [-0.05, 0) is 51.7 Å². The zero-order chi connectivity index (χ0) is 13.7. The van der Waals surface area contributed by atoms with E-state index >= 15 is 0 Å². The average molecular weight is 270 g/mol. The molecule has 4 heteroatoms. The molecule has 1 atom stereocenters. The molecule has 1 unspecified atom stereocenters. The third-order valence-corrected chi connectivity index (χ3v) is 4.66. The Morgan fingerprint density at radius 3 is 2.47 bits per heavy atom. The van der Waals surface area contributed by atoms with Gasteiger partial charge in [0.1, 0.15) is 0 Å². The molecule has 2 fully saturated rings. The SMILES string of the molecule is CC1CCN(CC(O)CN(C)C2CCOCC2)CC1. The molecule has 2 heterocycles. The number of nitrogens with zero attached hydrogens (tertiary/aromatic N) is 2. The van der Waals surface area contributed by atoms with Crippen molar-refractivity contribution in [1.29, 1.82) is 0 Å². The first-order valence-corrected chi connectivity index (χ1v) is 7.83. The highest BCUT2D eigenvalue weighted by atomic mass is 16.5. The van der Waals surface area contributed by atoms with E-state index in [-0.39, 0.29) is 6.10 Å². The van der Waals surface area contributed by atoms with Crippen molar-refractivity contribution in [3.8, 4) is 0 Å². The molecule has 2 saturated heterocycles. The van der Waals surface area contributed by atoms with E-state index in [1.165, 1.54) is 12.8 Å². The summed E-state index contributed by atoms with van der Waals surface area (Å²) in [5.41, 5.74) is 0. The van der Waals surface area contributed by atoms with Crippen LogP contribution < -0.4 is 0 Å². The number of hydrogen-bond acceptors (Lipinski definition) is 4. The summed E-state index contributed by atoms with van der Waals surface area (Å²) in [5.74, 6) is 0.860. The highest BCUT2D eigenvalue weighted by Gasteiger charge is 2.22. The second-order valence-electron chi connectivity index (χ2n) is 6.42. The Hall–Kier alpha value is -0.160. The van der Waals surface area contributed by atoms with E-state index in [2.05, 4.69) is 23.8 Å². The first-order valence-electron chi connectivity index (χ1n) is 7.83. The molecular weight excluding hydrogens is 240 g/mol. The fraction of sp³-hybridized carbons (Fsp3) is 1.00. The molecule has 0 radical (unpaired) electrons. The van der Waals surface area contributed by atoms with Crippen LogP contribution in [-0.2, 0) is 4.74 Å². The zero-order valence-corrected chi connectivity index (χ0v) is 12.6. The number of likely N-dealkylation sites (N-methyl/N-ethyl adjacent to an activating group) is 1. The van der Waals surface area contributed by atoms with Gasteiger partial charge in [0.05, 0.1) is 6.10 Å². The molecule has 0 saturated carbocycles. The average Bonchev–Trinajstić information content (AvgIpc) is 2.42. The van der Waals surface area contributed by atoms with Crippen molar-refractivity contribution in [1.82, 2.24) is 9.80 Å². The summed E-state index contributed by atoms with van der Waals surface area (Å²) in [5, 5.41) is 10.3. The van der Waals surface area contributed by atoms with E-state index in [1.807, 2.05) is 0 Å². The van der Waals surface area contributed by atoms with Gasteiger partial charge in [0.25, 0.3) is 0 Å². The Morgan fingerprint density at radius 2 is 1.84 bits per heavy atom. The van der Waals surface area contributed by atoms with E-state index in [0.717, 1.165) is 58.2 Å². The van der Waals surface area contributed by atoms with Gasteiger partial charge in [-0.15, -0.1) is 0 Å². The van der Waals surface area contributed by atoms with E-state index in [0.29, 0.717) is 6.04 Å². The van der Waals surface area contributed by atoms with Crippen LogP contribution in [-0.4, -0.2) is 73.5 Å². The van der Waals surface area contributed by atoms with Crippen LogP contribution >= 0.6 is 0 Å². The lowest BCUT2D eigenvalue weighted by molar-refractivity contribution is 0.0154. The van der Waals surface area contributed by atoms with Crippen molar-refractivity contribution in [2.24, 2.45) is 5.92 Å². The largest absolute Gasteiger partial charge is 0.390 e. The maximum absolute atomic E-state index is 10.3. The predicted molar refractivity (Wildman–Crippen MR) is 77.3 cm³/mol. The molecule has 2 aliphatic heterocycles. The summed E-state index contributed by atoms with van der Waals surface area (Å²) in [7, 11) is 2.14. The Bertz CT molecular complexity index is 249. The molecule has 0 aliphatic carbocycles. The van der Waals surface area contributed by atoms with Crippen LogP contribution in [0.3, 0.4) is 0 Å². The van der Waals surface area contributed by atoms with E-state index < -0.39 is 0 Å². The maximum atomic E-state index is 10.3. The number of rotatable bonds is 5. The number of aliphatic hydroxyl groups is 1. The standard InChI is InChI=1S/C15H30N2O2/c1-13-3-7-17(8-4-13)12-15(18)11-16(2)14-5-9-19-10-6-14/h13-15,18H,3-12H2,1-2H3. The number of hydrogen-bond donors (Lipinski definition) is 1. The van der Waals surface area contributed by atoms with Crippen LogP contribution in [0.15, 0.2) is 0 Å². The number of piperidine rings is 1. The molecule has 0 aromatic carbocycles. The summed E-state index contributed by atoms with van der Waals surface area (Å²) in [6.07, 6.45) is 4.54. The Balaban J connectivity index is 1.66. The van der Waals surface area contributed by atoms with Gasteiger partial charge in [-0.25, -0.2) is 0 Å². The van der Waals surface area contributed by atoms with Crippen molar-refractivity contribution < 1.29 is 9.84 Å². The van der Waals surface area contributed by atoms with Gasteiger partial charge in [0.15, 0.2) is 0 Å². The molecule has 2 rings (SSSR count). The minimum Gasteiger partial charge on any atom is -0.390 e. The lowest BCUT2D eigenvalue weighted by Gasteiger charge is -2.35. The van der Waals surface area contributed by atoms with E-state index in [1.54, 1.807) is 0 Å². The molecule has 0 aromatic heterocycles. The van der Waals surface area contributed by atoms with Crippen LogP contribution in [0.1, 0.15) is 32.6 Å². The van der Waals surface area contributed by atoms with Gasteiger partial charge in [0.2, 0.25) is 0 Å². The van der Waals surface area contributed by atoms with Gasteiger partial charge in [-0.2, -0.15) is 0 Å².